The molecule has 7 heteroatoms. The molecule has 0 fully saturated rings. The standard InChI is InChI=1S/C13H12N6S/c14-8-4-5-11(9-15)10-20-13-16-17-18-19(13)12-6-2-1-3-7-12/h1-3,6-7,11H,4-5,10H2/t11-/m1/s1. The minimum Gasteiger partial charge on any atom is -0.198 e. The van der Waals surface area contributed by atoms with Crippen LogP contribution in [0.15, 0.2) is 35.5 Å². The first kappa shape index (κ1) is 14.0. The van der Waals surface area contributed by atoms with Crippen molar-refractivity contribution >= 4 is 11.8 Å². The third-order valence-corrected chi connectivity index (χ3v) is 3.72. The van der Waals surface area contributed by atoms with Gasteiger partial charge in [-0.25, -0.2) is 0 Å². The fourth-order valence-electron chi connectivity index (χ4n) is 1.60. The molecule has 0 aliphatic carbocycles. The third-order valence-electron chi connectivity index (χ3n) is 2.64. The van der Waals surface area contributed by atoms with Gasteiger partial charge in [0.1, 0.15) is 0 Å². The van der Waals surface area contributed by atoms with Gasteiger partial charge in [-0.05, 0) is 29.0 Å². The van der Waals surface area contributed by atoms with Gasteiger partial charge >= 0.3 is 0 Å². The zero-order valence-electron chi connectivity index (χ0n) is 10.7. The van der Waals surface area contributed by atoms with Crippen molar-refractivity contribution in [1.29, 1.82) is 10.5 Å². The maximum absolute atomic E-state index is 9.04. The van der Waals surface area contributed by atoms with E-state index in [1.807, 2.05) is 30.3 Å². The predicted molar refractivity (Wildman–Crippen MR) is 73.8 cm³/mol. The molecule has 6 nitrogen and oxygen atoms in total. The lowest BCUT2D eigenvalue weighted by molar-refractivity contribution is 0.682. The number of thioether (sulfide) groups is 1. The van der Waals surface area contributed by atoms with Crippen molar-refractivity contribution in [1.82, 2.24) is 20.2 Å². The van der Waals surface area contributed by atoms with E-state index in [1.54, 1.807) is 4.68 Å². The van der Waals surface area contributed by atoms with Crippen LogP contribution in [-0.4, -0.2) is 26.0 Å². The number of hydrogen-bond acceptors (Lipinski definition) is 6. The van der Waals surface area contributed by atoms with Crippen molar-refractivity contribution in [2.24, 2.45) is 5.92 Å². The lowest BCUT2D eigenvalue weighted by Crippen LogP contribution is -2.03. The molecule has 0 saturated carbocycles. The topological polar surface area (TPSA) is 91.2 Å². The second-order valence-electron chi connectivity index (χ2n) is 4.04. The van der Waals surface area contributed by atoms with Crippen molar-refractivity contribution < 1.29 is 0 Å². The summed E-state index contributed by atoms with van der Waals surface area (Å²) in [4.78, 5) is 0. The molecule has 0 amide bonds. The van der Waals surface area contributed by atoms with Crippen LogP contribution in [-0.2, 0) is 0 Å². The van der Waals surface area contributed by atoms with Gasteiger partial charge in [-0.2, -0.15) is 15.2 Å². The Bertz CT molecular complexity index is 624. The van der Waals surface area contributed by atoms with Crippen molar-refractivity contribution in [3.63, 3.8) is 0 Å². The molecule has 0 aliphatic rings. The van der Waals surface area contributed by atoms with Crippen LogP contribution >= 0.6 is 11.8 Å². The van der Waals surface area contributed by atoms with Gasteiger partial charge in [0.15, 0.2) is 0 Å². The summed E-state index contributed by atoms with van der Waals surface area (Å²) < 4.78 is 1.64. The van der Waals surface area contributed by atoms with Crippen LogP contribution in [0.1, 0.15) is 12.8 Å². The van der Waals surface area contributed by atoms with E-state index >= 15 is 0 Å². The van der Waals surface area contributed by atoms with Gasteiger partial charge in [0, 0.05) is 12.2 Å². The largest absolute Gasteiger partial charge is 0.214 e. The Kier molecular flexibility index (Phi) is 5.10. The smallest absolute Gasteiger partial charge is 0.198 e. The number of nitriles is 2. The predicted octanol–water partition coefficient (Wildman–Crippen LogP) is 2.20. The second kappa shape index (κ2) is 7.27. The summed E-state index contributed by atoms with van der Waals surface area (Å²) in [6, 6.07) is 13.8. The molecule has 0 aliphatic heterocycles. The number of aromatic nitrogens is 4. The quantitative estimate of drug-likeness (QED) is 0.755. The van der Waals surface area contributed by atoms with Crippen molar-refractivity contribution in [3.8, 4) is 17.8 Å². The first-order valence-electron chi connectivity index (χ1n) is 6.08. The molecule has 0 unspecified atom stereocenters. The summed E-state index contributed by atoms with van der Waals surface area (Å²) in [7, 11) is 0. The van der Waals surface area contributed by atoms with Gasteiger partial charge in [-0.3, -0.25) is 0 Å². The molecule has 20 heavy (non-hydrogen) atoms. The summed E-state index contributed by atoms with van der Waals surface area (Å²) in [5, 5.41) is 29.8. The molecular formula is C13H12N6S. The van der Waals surface area contributed by atoms with Gasteiger partial charge < -0.3 is 0 Å². The molecule has 1 aromatic heterocycles. The molecule has 100 valence electrons. The van der Waals surface area contributed by atoms with E-state index in [1.165, 1.54) is 11.8 Å². The molecule has 0 bridgehead atoms. The van der Waals surface area contributed by atoms with Gasteiger partial charge in [-0.15, -0.1) is 5.10 Å². The van der Waals surface area contributed by atoms with Crippen LogP contribution in [0.4, 0.5) is 0 Å². The number of para-hydroxylation sites is 1. The third kappa shape index (κ3) is 3.56. The number of rotatable bonds is 6. The molecule has 1 heterocycles. The molecule has 2 aromatic rings. The van der Waals surface area contributed by atoms with Gasteiger partial charge in [0.25, 0.3) is 0 Å². The summed E-state index contributed by atoms with van der Waals surface area (Å²) in [5.41, 5.74) is 0.880. The number of nitrogens with zero attached hydrogens (tertiary/aromatic N) is 6. The molecule has 2 rings (SSSR count). The van der Waals surface area contributed by atoms with Crippen LogP contribution in [0.2, 0.25) is 0 Å². The number of benzene rings is 1. The first-order chi connectivity index (χ1) is 9.85. The average Bonchev–Trinajstić information content (AvgIpc) is 2.97. The Labute approximate surface area is 121 Å². The molecule has 1 aromatic carbocycles. The summed E-state index contributed by atoms with van der Waals surface area (Å²) in [6.45, 7) is 0. The molecule has 0 spiro atoms. The van der Waals surface area contributed by atoms with E-state index in [4.69, 9.17) is 10.5 Å². The van der Waals surface area contributed by atoms with Crippen LogP contribution in [0.3, 0.4) is 0 Å². The minimum absolute atomic E-state index is 0.166. The highest BCUT2D eigenvalue weighted by Gasteiger charge is 2.13. The Hall–Kier alpha value is -2.38. The summed E-state index contributed by atoms with van der Waals surface area (Å²) in [5.74, 6) is 0.409. The molecule has 0 radical (unpaired) electrons. The van der Waals surface area contributed by atoms with Crippen LogP contribution in [0, 0.1) is 28.6 Å². The zero-order valence-corrected chi connectivity index (χ0v) is 11.5. The van der Waals surface area contributed by atoms with E-state index in [0.717, 1.165) is 5.69 Å². The number of hydrogen-bond donors (Lipinski definition) is 0. The highest BCUT2D eigenvalue weighted by atomic mass is 32.2. The van der Waals surface area contributed by atoms with E-state index in [0.29, 0.717) is 23.8 Å². The second-order valence-corrected chi connectivity index (χ2v) is 5.03. The Balaban J connectivity index is 2.03. The lowest BCUT2D eigenvalue weighted by atomic mass is 10.1. The maximum Gasteiger partial charge on any atom is 0.214 e. The molecule has 0 saturated heterocycles. The van der Waals surface area contributed by atoms with Crippen molar-refractivity contribution in [2.75, 3.05) is 5.75 Å². The van der Waals surface area contributed by atoms with E-state index in [2.05, 4.69) is 27.7 Å². The monoisotopic (exact) mass is 284 g/mol. The Morgan fingerprint density at radius 3 is 2.75 bits per heavy atom. The fourth-order valence-corrected chi connectivity index (χ4v) is 2.55. The minimum atomic E-state index is -0.166. The summed E-state index contributed by atoms with van der Waals surface area (Å²) in [6.07, 6.45) is 0.968. The van der Waals surface area contributed by atoms with Crippen LogP contribution < -0.4 is 0 Å². The van der Waals surface area contributed by atoms with Crippen molar-refractivity contribution in [2.45, 2.75) is 18.0 Å². The first-order valence-corrected chi connectivity index (χ1v) is 7.07. The van der Waals surface area contributed by atoms with Crippen LogP contribution in [0.25, 0.3) is 5.69 Å². The van der Waals surface area contributed by atoms with Crippen LogP contribution in [0.5, 0.6) is 0 Å². The van der Waals surface area contributed by atoms with Gasteiger partial charge in [0.2, 0.25) is 5.16 Å². The lowest BCUT2D eigenvalue weighted by Gasteiger charge is -2.06. The Morgan fingerprint density at radius 2 is 2.05 bits per heavy atom. The molecule has 1 atom stereocenters. The summed E-state index contributed by atoms with van der Waals surface area (Å²) >= 11 is 1.43. The average molecular weight is 284 g/mol. The molecule has 0 N–H and O–H groups in total. The fraction of sp³-hybridized carbons (Fsp3) is 0.308. The van der Waals surface area contributed by atoms with Gasteiger partial charge in [0.05, 0.1) is 23.7 Å². The molecular weight excluding hydrogens is 272 g/mol. The van der Waals surface area contributed by atoms with E-state index in [9.17, 15) is 0 Å². The maximum atomic E-state index is 9.04. The van der Waals surface area contributed by atoms with Gasteiger partial charge in [-0.1, -0.05) is 30.0 Å². The van der Waals surface area contributed by atoms with E-state index < -0.39 is 0 Å². The SMILES string of the molecule is N#CCC[C@H](C#N)CSc1nnnn1-c1ccccc1. The van der Waals surface area contributed by atoms with E-state index in [-0.39, 0.29) is 5.92 Å². The highest BCUT2D eigenvalue weighted by molar-refractivity contribution is 7.99. The normalized spacial score (nSPS) is 11.5. The van der Waals surface area contributed by atoms with Crippen molar-refractivity contribution in [3.05, 3.63) is 30.3 Å². The highest BCUT2D eigenvalue weighted by Crippen LogP contribution is 2.22. The zero-order chi connectivity index (χ0) is 14.2. The Morgan fingerprint density at radius 1 is 1.25 bits per heavy atom. The number of tetrazole rings is 1.